The second-order valence-electron chi connectivity index (χ2n) is 4.15. The minimum atomic E-state index is -0.804. The van der Waals surface area contributed by atoms with Gasteiger partial charge in [-0.1, -0.05) is 0 Å². The molecule has 2 rings (SSSR count). The van der Waals surface area contributed by atoms with E-state index in [1.165, 1.54) is 0 Å². The normalized spacial score (nSPS) is 18.8. The lowest BCUT2D eigenvalue weighted by Gasteiger charge is -2.10. The van der Waals surface area contributed by atoms with Crippen LogP contribution >= 0.6 is 0 Å². The fraction of sp³-hybridized carbons (Fsp3) is 0.545. The average Bonchev–Trinajstić information content (AvgIpc) is 2.94. The van der Waals surface area contributed by atoms with Gasteiger partial charge in [-0.2, -0.15) is 9.78 Å². The maximum Gasteiger partial charge on any atom is 0.340 e. The number of carbonyl (C=O) groups excluding carboxylic acids is 2. The number of hydrogen-bond donors (Lipinski definition) is 2. The summed E-state index contributed by atoms with van der Waals surface area (Å²) in [5.41, 5.74) is 5.59. The van der Waals surface area contributed by atoms with Gasteiger partial charge in [0.25, 0.3) is 5.91 Å². The van der Waals surface area contributed by atoms with Crippen LogP contribution in [-0.2, 0) is 4.74 Å². The van der Waals surface area contributed by atoms with E-state index in [-0.39, 0.29) is 11.8 Å². The lowest BCUT2D eigenvalue weighted by molar-refractivity contribution is 0.0850. The van der Waals surface area contributed by atoms with E-state index < -0.39 is 11.9 Å². The summed E-state index contributed by atoms with van der Waals surface area (Å²) >= 11 is 0. The number of rotatable bonds is 3. The monoisotopic (exact) mass is 251 g/mol. The van der Waals surface area contributed by atoms with Gasteiger partial charge in [0, 0.05) is 19.2 Å². The Balaban J connectivity index is 2.01. The van der Waals surface area contributed by atoms with Crippen molar-refractivity contribution in [2.45, 2.75) is 25.9 Å². The average molecular weight is 251 g/mol. The summed E-state index contributed by atoms with van der Waals surface area (Å²) in [7, 11) is 0. The first-order valence-electron chi connectivity index (χ1n) is 5.76. The molecule has 97 valence electrons. The molecule has 0 aliphatic carbocycles. The number of aryl methyl sites for hydroxylation is 1. The van der Waals surface area contributed by atoms with Crippen LogP contribution in [0, 0.1) is 13.0 Å². The summed E-state index contributed by atoms with van der Waals surface area (Å²) < 4.78 is 6.23. The van der Waals surface area contributed by atoms with Gasteiger partial charge in [-0.25, -0.2) is 4.79 Å². The molecule has 1 atom stereocenters. The molecule has 3 N–H and O–H groups in total. The maximum atomic E-state index is 11.9. The van der Waals surface area contributed by atoms with Crippen molar-refractivity contribution in [3.05, 3.63) is 17.5 Å². The first-order valence-corrected chi connectivity index (χ1v) is 5.76. The van der Waals surface area contributed by atoms with Crippen LogP contribution in [0.5, 0.6) is 0 Å². The van der Waals surface area contributed by atoms with Crippen LogP contribution in [-0.4, -0.2) is 41.0 Å². The Morgan fingerprint density at radius 2 is 2.44 bits per heavy atom. The number of amides is 2. The van der Waals surface area contributed by atoms with Gasteiger partial charge in [-0.05, 0) is 19.8 Å². The first kappa shape index (κ1) is 12.6. The zero-order valence-corrected chi connectivity index (χ0v) is 10.1. The Morgan fingerprint density at radius 3 is 3.06 bits per heavy atom. The van der Waals surface area contributed by atoms with Gasteiger partial charge in [0.05, 0.1) is 11.8 Å². The number of nitrogens with one attached hydrogen (secondary N) is 1. The number of primary amides is 1. The van der Waals surface area contributed by atoms with Crippen LogP contribution in [0.2, 0.25) is 0 Å². The predicted octanol–water partition coefficient (Wildman–Crippen LogP) is -0.173. The molecule has 1 aromatic heterocycles. The summed E-state index contributed by atoms with van der Waals surface area (Å²) in [4.78, 5) is 23.0. The first-order chi connectivity index (χ1) is 8.58. The molecule has 0 saturated carbocycles. The van der Waals surface area contributed by atoms with Crippen LogP contribution in [0.4, 0.5) is 4.79 Å². The molecule has 1 aromatic rings. The highest BCUT2D eigenvalue weighted by atomic mass is 16.5. The molecular weight excluding hydrogens is 236 g/mol. The summed E-state index contributed by atoms with van der Waals surface area (Å²) in [5, 5.41) is 6.49. The van der Waals surface area contributed by atoms with Gasteiger partial charge in [0.1, 0.15) is 5.69 Å². The van der Waals surface area contributed by atoms with Crippen LogP contribution in [0.3, 0.4) is 0 Å². The number of nitrogens with two attached hydrogens (primary N) is 1. The Labute approximate surface area is 104 Å². The van der Waals surface area contributed by atoms with Crippen LogP contribution < -0.4 is 11.1 Å². The fourth-order valence-electron chi connectivity index (χ4n) is 1.86. The summed E-state index contributed by atoms with van der Waals surface area (Å²) in [6, 6.07) is 1.90. The number of hydrogen-bond acceptors (Lipinski definition) is 4. The SMILES string of the molecule is Cc1[c]c(C(=O)NC[C@@H]2CCCO2)n(C(N)=O)n1. The summed E-state index contributed by atoms with van der Waals surface area (Å²) in [5.74, 6) is -0.426. The van der Waals surface area contributed by atoms with E-state index in [2.05, 4.69) is 16.5 Å². The third-order valence-corrected chi connectivity index (χ3v) is 2.70. The Morgan fingerprint density at radius 1 is 1.67 bits per heavy atom. The molecule has 0 spiro atoms. The molecule has 1 saturated heterocycles. The molecule has 1 aliphatic rings. The molecule has 1 radical (unpaired) electrons. The highest BCUT2D eigenvalue weighted by Crippen LogP contribution is 2.11. The Kier molecular flexibility index (Phi) is 3.61. The van der Waals surface area contributed by atoms with Gasteiger partial charge < -0.3 is 15.8 Å². The predicted molar refractivity (Wildman–Crippen MR) is 62.1 cm³/mol. The smallest absolute Gasteiger partial charge is 0.340 e. The van der Waals surface area contributed by atoms with Gasteiger partial charge >= 0.3 is 6.03 Å². The van der Waals surface area contributed by atoms with E-state index in [4.69, 9.17) is 10.5 Å². The molecule has 0 unspecified atom stereocenters. The molecule has 18 heavy (non-hydrogen) atoms. The molecule has 2 amide bonds. The largest absolute Gasteiger partial charge is 0.376 e. The lowest BCUT2D eigenvalue weighted by Crippen LogP contribution is -2.35. The van der Waals surface area contributed by atoms with Gasteiger partial charge in [0.15, 0.2) is 0 Å². The standard InChI is InChI=1S/C11H15N4O3/c1-7-5-9(15(14-7)11(12)17)10(16)13-6-8-3-2-4-18-8/h8H,2-4,6H2,1H3,(H2,12,17)(H,13,16)/t8-/m0/s1. The van der Waals surface area contributed by atoms with Crippen molar-refractivity contribution in [1.82, 2.24) is 15.1 Å². The van der Waals surface area contributed by atoms with E-state index in [9.17, 15) is 9.59 Å². The van der Waals surface area contributed by atoms with Crippen molar-refractivity contribution in [2.24, 2.45) is 5.73 Å². The third kappa shape index (κ3) is 2.67. The van der Waals surface area contributed by atoms with Crippen LogP contribution in [0.25, 0.3) is 0 Å². The minimum absolute atomic E-state index is 0.0259. The van der Waals surface area contributed by atoms with Crippen molar-refractivity contribution in [3.8, 4) is 0 Å². The van der Waals surface area contributed by atoms with E-state index in [1.54, 1.807) is 6.92 Å². The molecule has 1 fully saturated rings. The molecular formula is C11H15N4O3. The maximum absolute atomic E-state index is 11.9. The topological polar surface area (TPSA) is 99.2 Å². The van der Waals surface area contributed by atoms with E-state index >= 15 is 0 Å². The van der Waals surface area contributed by atoms with Crippen molar-refractivity contribution >= 4 is 11.9 Å². The van der Waals surface area contributed by atoms with Crippen molar-refractivity contribution < 1.29 is 14.3 Å². The Hall–Kier alpha value is -1.89. The second-order valence-corrected chi connectivity index (χ2v) is 4.15. The lowest BCUT2D eigenvalue weighted by atomic mass is 10.2. The highest BCUT2D eigenvalue weighted by Gasteiger charge is 2.20. The van der Waals surface area contributed by atoms with Crippen LogP contribution in [0.1, 0.15) is 29.0 Å². The van der Waals surface area contributed by atoms with Gasteiger partial charge in [-0.15, -0.1) is 0 Å². The number of carbonyl (C=O) groups is 2. The third-order valence-electron chi connectivity index (χ3n) is 2.70. The van der Waals surface area contributed by atoms with Crippen molar-refractivity contribution in [3.63, 3.8) is 0 Å². The van der Waals surface area contributed by atoms with Gasteiger partial charge in [-0.3, -0.25) is 4.79 Å². The van der Waals surface area contributed by atoms with E-state index in [1.807, 2.05) is 0 Å². The second kappa shape index (κ2) is 5.18. The summed E-state index contributed by atoms with van der Waals surface area (Å²) in [6.07, 6.45) is 1.98. The van der Waals surface area contributed by atoms with Crippen LogP contribution in [0.15, 0.2) is 0 Å². The molecule has 0 bridgehead atoms. The Bertz CT molecular complexity index is 463. The summed E-state index contributed by atoms with van der Waals surface area (Å²) in [6.45, 7) is 2.77. The molecule has 0 aromatic carbocycles. The zero-order chi connectivity index (χ0) is 13.1. The fourth-order valence-corrected chi connectivity index (χ4v) is 1.86. The van der Waals surface area contributed by atoms with Gasteiger partial charge in [0.2, 0.25) is 0 Å². The quantitative estimate of drug-likeness (QED) is 0.778. The van der Waals surface area contributed by atoms with Crippen molar-refractivity contribution in [1.29, 1.82) is 0 Å². The zero-order valence-electron chi connectivity index (χ0n) is 10.1. The minimum Gasteiger partial charge on any atom is -0.376 e. The van der Waals surface area contributed by atoms with E-state index in [0.717, 1.165) is 24.1 Å². The van der Waals surface area contributed by atoms with E-state index in [0.29, 0.717) is 12.2 Å². The molecule has 7 heteroatoms. The number of aromatic nitrogens is 2. The molecule has 1 aliphatic heterocycles. The molecule has 2 heterocycles. The number of ether oxygens (including phenoxy) is 1. The highest BCUT2D eigenvalue weighted by molar-refractivity contribution is 5.95. The van der Waals surface area contributed by atoms with Crippen molar-refractivity contribution in [2.75, 3.05) is 13.2 Å². The number of nitrogens with zero attached hydrogens (tertiary/aromatic N) is 2. The molecule has 7 nitrogen and oxygen atoms in total.